The summed E-state index contributed by atoms with van der Waals surface area (Å²) in [5, 5.41) is 5.33. The molecule has 0 spiro atoms. The maximum Gasteiger partial charge on any atom is 0.405 e. The first-order chi connectivity index (χ1) is 9.33. The zero-order valence-electron chi connectivity index (χ0n) is 11.8. The van der Waals surface area contributed by atoms with Gasteiger partial charge in [0.2, 0.25) is 5.91 Å². The van der Waals surface area contributed by atoms with E-state index in [0.717, 1.165) is 26.1 Å². The molecule has 2 heterocycles. The van der Waals surface area contributed by atoms with Crippen molar-refractivity contribution in [1.82, 2.24) is 15.5 Å². The van der Waals surface area contributed by atoms with Gasteiger partial charge in [0.25, 0.3) is 0 Å². The maximum atomic E-state index is 12.2. The number of nitrogens with zero attached hydrogens (tertiary/aromatic N) is 1. The molecular formula is C13H22F3N3O. The number of carbonyl (C=O) groups is 1. The van der Waals surface area contributed by atoms with Crippen molar-refractivity contribution in [2.75, 3.05) is 26.2 Å². The third-order valence-corrected chi connectivity index (χ3v) is 4.52. The van der Waals surface area contributed by atoms with Crippen molar-refractivity contribution in [1.29, 1.82) is 0 Å². The molecule has 116 valence electrons. The number of alkyl halides is 3. The summed E-state index contributed by atoms with van der Waals surface area (Å²) in [7, 11) is 0. The molecule has 2 rings (SSSR count). The molecule has 2 aliphatic heterocycles. The molecule has 0 bridgehead atoms. The molecule has 0 radical (unpaired) electrons. The van der Waals surface area contributed by atoms with Gasteiger partial charge in [-0.25, -0.2) is 0 Å². The van der Waals surface area contributed by atoms with Gasteiger partial charge in [0.05, 0.1) is 6.04 Å². The quantitative estimate of drug-likeness (QED) is 0.812. The topological polar surface area (TPSA) is 44.4 Å². The van der Waals surface area contributed by atoms with E-state index in [-0.39, 0.29) is 6.04 Å². The van der Waals surface area contributed by atoms with Crippen LogP contribution < -0.4 is 10.6 Å². The SMILES string of the molecule is CCC1C2CNCC2CN1C(C)C(=O)NCC(F)(F)F. The number of hydrogen-bond acceptors (Lipinski definition) is 3. The number of likely N-dealkylation sites (tertiary alicyclic amines) is 1. The second kappa shape index (κ2) is 5.89. The van der Waals surface area contributed by atoms with E-state index in [1.165, 1.54) is 0 Å². The van der Waals surface area contributed by atoms with E-state index in [0.29, 0.717) is 11.8 Å². The lowest BCUT2D eigenvalue weighted by Crippen LogP contribution is -2.50. The van der Waals surface area contributed by atoms with Crippen LogP contribution in [0.3, 0.4) is 0 Å². The Labute approximate surface area is 117 Å². The first-order valence-corrected chi connectivity index (χ1v) is 7.14. The zero-order chi connectivity index (χ0) is 14.9. The van der Waals surface area contributed by atoms with Crippen molar-refractivity contribution < 1.29 is 18.0 Å². The van der Waals surface area contributed by atoms with Crippen LogP contribution in [0.1, 0.15) is 20.3 Å². The maximum absolute atomic E-state index is 12.2. The van der Waals surface area contributed by atoms with E-state index in [9.17, 15) is 18.0 Å². The van der Waals surface area contributed by atoms with Crippen molar-refractivity contribution in [2.24, 2.45) is 11.8 Å². The molecule has 7 heteroatoms. The molecule has 0 saturated carbocycles. The fourth-order valence-corrected chi connectivity index (χ4v) is 3.52. The number of rotatable bonds is 4. The summed E-state index contributed by atoms with van der Waals surface area (Å²) in [6, 6.07) is -0.227. The molecule has 0 aliphatic carbocycles. The molecular weight excluding hydrogens is 271 g/mol. The van der Waals surface area contributed by atoms with Crippen LogP contribution in [0, 0.1) is 11.8 Å². The Morgan fingerprint density at radius 2 is 2.15 bits per heavy atom. The van der Waals surface area contributed by atoms with Gasteiger partial charge >= 0.3 is 6.18 Å². The molecule has 4 atom stereocenters. The molecule has 2 N–H and O–H groups in total. The van der Waals surface area contributed by atoms with Gasteiger partial charge < -0.3 is 10.6 Å². The van der Waals surface area contributed by atoms with Crippen molar-refractivity contribution in [3.63, 3.8) is 0 Å². The Morgan fingerprint density at radius 3 is 2.75 bits per heavy atom. The van der Waals surface area contributed by atoms with E-state index >= 15 is 0 Å². The van der Waals surface area contributed by atoms with Gasteiger partial charge in [0.15, 0.2) is 0 Å². The van der Waals surface area contributed by atoms with Crippen LogP contribution in [0.5, 0.6) is 0 Å². The summed E-state index contributed by atoms with van der Waals surface area (Å²) in [4.78, 5) is 14.0. The first kappa shape index (κ1) is 15.6. The van der Waals surface area contributed by atoms with Gasteiger partial charge in [-0.2, -0.15) is 13.2 Å². The number of hydrogen-bond donors (Lipinski definition) is 2. The van der Waals surface area contributed by atoms with E-state index in [4.69, 9.17) is 0 Å². The van der Waals surface area contributed by atoms with Crippen molar-refractivity contribution in [3.05, 3.63) is 0 Å². The Kier molecular flexibility index (Phi) is 4.59. The van der Waals surface area contributed by atoms with Crippen LogP contribution in [0.2, 0.25) is 0 Å². The summed E-state index contributed by atoms with van der Waals surface area (Å²) in [6.45, 7) is 5.18. The van der Waals surface area contributed by atoms with Gasteiger partial charge in [-0.05, 0) is 38.3 Å². The van der Waals surface area contributed by atoms with E-state index in [1.54, 1.807) is 6.92 Å². The predicted octanol–water partition coefficient (Wildman–Crippen LogP) is 0.983. The third kappa shape index (κ3) is 3.25. The van der Waals surface area contributed by atoms with Crippen LogP contribution in [0.4, 0.5) is 13.2 Å². The smallest absolute Gasteiger partial charge is 0.346 e. The lowest BCUT2D eigenvalue weighted by molar-refractivity contribution is -0.141. The Morgan fingerprint density at radius 1 is 1.45 bits per heavy atom. The highest BCUT2D eigenvalue weighted by Gasteiger charge is 2.46. The Balaban J connectivity index is 1.94. The summed E-state index contributed by atoms with van der Waals surface area (Å²) >= 11 is 0. The monoisotopic (exact) mass is 293 g/mol. The molecule has 0 aromatic rings. The van der Waals surface area contributed by atoms with E-state index in [1.807, 2.05) is 5.32 Å². The predicted molar refractivity (Wildman–Crippen MR) is 69.2 cm³/mol. The minimum Gasteiger partial charge on any atom is -0.346 e. The van der Waals surface area contributed by atoms with Gasteiger partial charge in [-0.3, -0.25) is 9.69 Å². The number of fused-ring (bicyclic) bond motifs is 1. The van der Waals surface area contributed by atoms with Crippen LogP contribution in [-0.2, 0) is 4.79 Å². The second-order valence-corrected chi connectivity index (χ2v) is 5.76. The third-order valence-electron chi connectivity index (χ3n) is 4.52. The summed E-state index contributed by atoms with van der Waals surface area (Å²) in [5.41, 5.74) is 0. The Hall–Kier alpha value is -0.820. The van der Waals surface area contributed by atoms with Crippen LogP contribution in [0.25, 0.3) is 0 Å². The highest BCUT2D eigenvalue weighted by atomic mass is 19.4. The average molecular weight is 293 g/mol. The molecule has 2 aliphatic rings. The van der Waals surface area contributed by atoms with Crippen LogP contribution in [-0.4, -0.2) is 55.2 Å². The lowest BCUT2D eigenvalue weighted by atomic mass is 9.92. The number of carbonyl (C=O) groups excluding carboxylic acids is 1. The van der Waals surface area contributed by atoms with Crippen molar-refractivity contribution in [3.8, 4) is 0 Å². The van der Waals surface area contributed by atoms with Gasteiger partial charge in [-0.1, -0.05) is 6.92 Å². The average Bonchev–Trinajstić information content (AvgIpc) is 2.93. The molecule has 4 nitrogen and oxygen atoms in total. The molecule has 0 aromatic heterocycles. The van der Waals surface area contributed by atoms with Crippen LogP contribution in [0.15, 0.2) is 0 Å². The number of amides is 1. The summed E-state index contributed by atoms with van der Waals surface area (Å²) < 4.78 is 36.5. The standard InChI is InChI=1S/C13H22F3N3O/c1-3-11-10-5-17-4-9(10)6-19(11)8(2)12(20)18-7-13(14,15)16/h8-11,17H,3-7H2,1-2H3,(H,18,20). The molecule has 0 aromatic carbocycles. The van der Waals surface area contributed by atoms with Gasteiger partial charge in [0, 0.05) is 12.6 Å². The summed E-state index contributed by atoms with van der Waals surface area (Å²) in [5.74, 6) is 0.490. The second-order valence-electron chi connectivity index (χ2n) is 5.76. The van der Waals surface area contributed by atoms with Crippen molar-refractivity contribution >= 4 is 5.91 Å². The highest BCUT2D eigenvalue weighted by Crippen LogP contribution is 2.35. The number of nitrogens with one attached hydrogen (secondary N) is 2. The minimum absolute atomic E-state index is 0.279. The lowest BCUT2D eigenvalue weighted by Gasteiger charge is -2.31. The van der Waals surface area contributed by atoms with E-state index in [2.05, 4.69) is 17.1 Å². The molecule has 4 unspecified atom stereocenters. The largest absolute Gasteiger partial charge is 0.405 e. The van der Waals surface area contributed by atoms with Gasteiger partial charge in [0.1, 0.15) is 6.54 Å². The normalized spacial score (nSPS) is 32.1. The fraction of sp³-hybridized carbons (Fsp3) is 0.923. The molecule has 2 fully saturated rings. The van der Waals surface area contributed by atoms with E-state index < -0.39 is 24.7 Å². The molecule has 2 saturated heterocycles. The number of halogens is 3. The molecule has 1 amide bonds. The van der Waals surface area contributed by atoms with Gasteiger partial charge in [-0.15, -0.1) is 0 Å². The highest BCUT2D eigenvalue weighted by molar-refractivity contribution is 5.81. The Bertz CT molecular complexity index is 361. The minimum atomic E-state index is -4.36. The zero-order valence-corrected chi connectivity index (χ0v) is 11.8. The first-order valence-electron chi connectivity index (χ1n) is 7.14. The molecule has 20 heavy (non-hydrogen) atoms. The summed E-state index contributed by atoms with van der Waals surface area (Å²) in [6.07, 6.45) is -3.44. The van der Waals surface area contributed by atoms with Crippen molar-refractivity contribution in [2.45, 2.75) is 38.5 Å². The fourth-order valence-electron chi connectivity index (χ4n) is 3.52. The van der Waals surface area contributed by atoms with Crippen LogP contribution >= 0.6 is 0 Å².